The van der Waals surface area contributed by atoms with E-state index in [0.29, 0.717) is 17.0 Å². The number of para-hydroxylation sites is 1. The van der Waals surface area contributed by atoms with Crippen molar-refractivity contribution in [2.45, 2.75) is 0 Å². The van der Waals surface area contributed by atoms with E-state index in [9.17, 15) is 14.7 Å². The Hall–Kier alpha value is -3.35. The van der Waals surface area contributed by atoms with Gasteiger partial charge in [-0.3, -0.25) is 4.99 Å². The second-order valence-corrected chi connectivity index (χ2v) is 4.91. The molecule has 0 aromatic heterocycles. The number of rotatable bonds is 5. The van der Waals surface area contributed by atoms with Crippen molar-refractivity contribution in [2.75, 3.05) is 21.3 Å². The fourth-order valence-corrected chi connectivity index (χ4v) is 2.11. The molecule has 25 heavy (non-hydrogen) atoms. The monoisotopic (exact) mass is 343 g/mol. The van der Waals surface area contributed by atoms with Crippen LogP contribution in [0.3, 0.4) is 0 Å². The number of carbonyl (C=O) groups is 2. The molecule has 0 aliphatic heterocycles. The summed E-state index contributed by atoms with van der Waals surface area (Å²) in [5, 5.41) is 10.1. The van der Waals surface area contributed by atoms with Crippen molar-refractivity contribution in [1.29, 1.82) is 0 Å². The third-order valence-electron chi connectivity index (χ3n) is 3.36. The van der Waals surface area contributed by atoms with Gasteiger partial charge in [0.15, 0.2) is 11.5 Å². The Balaban J connectivity index is 2.44. The topological polar surface area (TPSA) is 94.4 Å². The van der Waals surface area contributed by atoms with E-state index < -0.39 is 11.9 Å². The average Bonchev–Trinajstić information content (AvgIpc) is 2.65. The van der Waals surface area contributed by atoms with E-state index in [2.05, 4.69) is 14.5 Å². The zero-order valence-corrected chi connectivity index (χ0v) is 14.0. The van der Waals surface area contributed by atoms with Crippen LogP contribution in [0, 0.1) is 0 Å². The molecule has 0 saturated carbocycles. The molecular formula is C18H17NO6. The van der Waals surface area contributed by atoms with E-state index in [-0.39, 0.29) is 16.9 Å². The zero-order valence-electron chi connectivity index (χ0n) is 14.0. The number of carbonyl (C=O) groups excluding carboxylic acids is 2. The summed E-state index contributed by atoms with van der Waals surface area (Å²) in [6, 6.07) is 9.25. The number of ether oxygens (including phenoxy) is 3. The van der Waals surface area contributed by atoms with Gasteiger partial charge >= 0.3 is 11.9 Å². The summed E-state index contributed by atoms with van der Waals surface area (Å²) in [5.74, 6) is -0.966. The summed E-state index contributed by atoms with van der Waals surface area (Å²) < 4.78 is 14.4. The standard InChI is InChI=1S/C18H17NO6/c1-23-15-6-4-5-11(16(15)20)10-19-14-8-12(17(21)24-2)7-13(9-14)18(22)25-3/h4-10,20H,1-3H3. The molecule has 7 nitrogen and oxygen atoms in total. The van der Waals surface area contributed by atoms with E-state index in [1.807, 2.05) is 0 Å². The van der Waals surface area contributed by atoms with Crippen LogP contribution in [0.1, 0.15) is 26.3 Å². The first kappa shape index (κ1) is 18.0. The summed E-state index contributed by atoms with van der Waals surface area (Å²) in [6.07, 6.45) is 1.40. The van der Waals surface area contributed by atoms with Crippen molar-refractivity contribution in [3.8, 4) is 11.5 Å². The molecule has 0 heterocycles. The van der Waals surface area contributed by atoms with Gasteiger partial charge in [0.05, 0.1) is 38.1 Å². The smallest absolute Gasteiger partial charge is 0.337 e. The number of benzene rings is 2. The van der Waals surface area contributed by atoms with E-state index >= 15 is 0 Å². The van der Waals surface area contributed by atoms with Gasteiger partial charge in [-0.2, -0.15) is 0 Å². The summed E-state index contributed by atoms with van der Waals surface area (Å²) in [5.41, 5.74) is 1.06. The Bertz CT molecular complexity index is 794. The molecule has 0 unspecified atom stereocenters. The second kappa shape index (κ2) is 7.96. The van der Waals surface area contributed by atoms with Crippen molar-refractivity contribution in [3.63, 3.8) is 0 Å². The average molecular weight is 343 g/mol. The number of nitrogens with zero attached hydrogens (tertiary/aromatic N) is 1. The fourth-order valence-electron chi connectivity index (χ4n) is 2.11. The Morgan fingerprint density at radius 3 is 2.12 bits per heavy atom. The third kappa shape index (κ3) is 4.14. The van der Waals surface area contributed by atoms with E-state index in [4.69, 9.17) is 4.74 Å². The number of hydrogen-bond donors (Lipinski definition) is 1. The molecule has 0 saturated heterocycles. The fraction of sp³-hybridized carbons (Fsp3) is 0.167. The Morgan fingerprint density at radius 2 is 1.60 bits per heavy atom. The molecule has 0 fully saturated rings. The van der Waals surface area contributed by atoms with Crippen molar-refractivity contribution >= 4 is 23.8 Å². The molecular weight excluding hydrogens is 326 g/mol. The Kier molecular flexibility index (Phi) is 5.73. The lowest BCUT2D eigenvalue weighted by Crippen LogP contribution is -2.06. The number of aliphatic imine (C=N–C) groups is 1. The molecule has 0 spiro atoms. The lowest BCUT2D eigenvalue weighted by Gasteiger charge is -2.06. The van der Waals surface area contributed by atoms with Crippen LogP contribution in [0.2, 0.25) is 0 Å². The molecule has 0 aliphatic rings. The van der Waals surface area contributed by atoms with E-state index in [1.165, 1.54) is 45.7 Å². The van der Waals surface area contributed by atoms with Crippen LogP contribution in [0.15, 0.2) is 41.4 Å². The minimum atomic E-state index is -0.605. The van der Waals surface area contributed by atoms with Gasteiger partial charge in [0, 0.05) is 11.8 Å². The van der Waals surface area contributed by atoms with Gasteiger partial charge in [-0.25, -0.2) is 9.59 Å². The zero-order chi connectivity index (χ0) is 18.4. The van der Waals surface area contributed by atoms with Gasteiger partial charge in [-0.1, -0.05) is 6.07 Å². The third-order valence-corrected chi connectivity index (χ3v) is 3.36. The Labute approximate surface area is 144 Å². The SMILES string of the molecule is COC(=O)c1cc(N=Cc2cccc(OC)c2O)cc(C(=O)OC)c1. The molecule has 2 rings (SSSR count). The highest BCUT2D eigenvalue weighted by atomic mass is 16.5. The first-order valence-corrected chi connectivity index (χ1v) is 7.22. The van der Waals surface area contributed by atoms with Gasteiger partial charge in [0.2, 0.25) is 0 Å². The highest BCUT2D eigenvalue weighted by molar-refractivity contribution is 5.97. The number of aromatic hydroxyl groups is 1. The van der Waals surface area contributed by atoms with Crippen LogP contribution in [0.5, 0.6) is 11.5 Å². The quantitative estimate of drug-likeness (QED) is 0.662. The molecule has 2 aromatic carbocycles. The Morgan fingerprint density at radius 1 is 1.00 bits per heavy atom. The molecule has 0 atom stereocenters. The summed E-state index contributed by atoms with van der Waals surface area (Å²) >= 11 is 0. The lowest BCUT2D eigenvalue weighted by molar-refractivity contribution is 0.0599. The predicted molar refractivity (Wildman–Crippen MR) is 91.0 cm³/mol. The van der Waals surface area contributed by atoms with Gasteiger partial charge in [-0.05, 0) is 30.3 Å². The number of phenolic OH excluding ortho intramolecular Hbond substituents is 1. The second-order valence-electron chi connectivity index (χ2n) is 4.91. The minimum absolute atomic E-state index is 0.0638. The van der Waals surface area contributed by atoms with Crippen molar-refractivity contribution in [2.24, 2.45) is 4.99 Å². The first-order valence-electron chi connectivity index (χ1n) is 7.22. The van der Waals surface area contributed by atoms with Crippen LogP contribution in [0.4, 0.5) is 5.69 Å². The van der Waals surface area contributed by atoms with E-state index in [0.717, 1.165) is 0 Å². The van der Waals surface area contributed by atoms with Crippen molar-refractivity contribution in [3.05, 3.63) is 53.1 Å². The molecule has 0 aliphatic carbocycles. The molecule has 130 valence electrons. The van der Waals surface area contributed by atoms with Crippen LogP contribution in [-0.2, 0) is 9.47 Å². The maximum atomic E-state index is 11.8. The highest BCUT2D eigenvalue weighted by Crippen LogP contribution is 2.28. The maximum absolute atomic E-state index is 11.8. The van der Waals surface area contributed by atoms with Crippen molar-refractivity contribution in [1.82, 2.24) is 0 Å². The number of phenols is 1. The maximum Gasteiger partial charge on any atom is 0.337 e. The largest absolute Gasteiger partial charge is 0.504 e. The molecule has 0 bridgehead atoms. The normalized spacial score (nSPS) is 10.5. The predicted octanol–water partition coefficient (Wildman–Crippen LogP) is 2.72. The van der Waals surface area contributed by atoms with Crippen LogP contribution in [0.25, 0.3) is 0 Å². The van der Waals surface area contributed by atoms with Crippen LogP contribution < -0.4 is 4.74 Å². The summed E-state index contributed by atoms with van der Waals surface area (Å²) in [6.45, 7) is 0. The van der Waals surface area contributed by atoms with Crippen LogP contribution >= 0.6 is 0 Å². The molecule has 7 heteroatoms. The highest BCUT2D eigenvalue weighted by Gasteiger charge is 2.13. The van der Waals surface area contributed by atoms with Gasteiger partial charge in [0.25, 0.3) is 0 Å². The minimum Gasteiger partial charge on any atom is -0.504 e. The summed E-state index contributed by atoms with van der Waals surface area (Å²) in [7, 11) is 3.92. The first-order chi connectivity index (χ1) is 12.0. The van der Waals surface area contributed by atoms with Gasteiger partial charge in [-0.15, -0.1) is 0 Å². The molecule has 0 amide bonds. The molecule has 0 radical (unpaired) electrons. The van der Waals surface area contributed by atoms with Crippen LogP contribution in [-0.4, -0.2) is 44.6 Å². The van der Waals surface area contributed by atoms with Gasteiger partial charge < -0.3 is 19.3 Å². The number of methoxy groups -OCH3 is 3. The van der Waals surface area contributed by atoms with Gasteiger partial charge in [0.1, 0.15) is 0 Å². The lowest BCUT2D eigenvalue weighted by atomic mass is 10.1. The van der Waals surface area contributed by atoms with E-state index in [1.54, 1.807) is 18.2 Å². The summed E-state index contributed by atoms with van der Waals surface area (Å²) in [4.78, 5) is 27.7. The molecule has 1 N–H and O–H groups in total. The molecule has 2 aromatic rings. The number of hydrogen-bond acceptors (Lipinski definition) is 7. The number of esters is 2. The van der Waals surface area contributed by atoms with Crippen molar-refractivity contribution < 1.29 is 28.9 Å².